The highest BCUT2D eigenvalue weighted by Gasteiger charge is 2.18. The Labute approximate surface area is 109 Å². The van der Waals surface area contributed by atoms with Crippen LogP contribution in [-0.2, 0) is 4.79 Å². The van der Waals surface area contributed by atoms with Gasteiger partial charge in [0, 0.05) is 26.1 Å². The zero-order valence-corrected chi connectivity index (χ0v) is 11.2. The fourth-order valence-electron chi connectivity index (χ4n) is 1.78. The number of hydrogen-bond donors (Lipinski definition) is 2. The SMILES string of the molecule is Cc1c(N)cnc(N2CCNC(=O)CC2)c1Br. The predicted octanol–water partition coefficient (Wildman–Crippen LogP) is 1.06. The van der Waals surface area contributed by atoms with E-state index < -0.39 is 0 Å². The highest BCUT2D eigenvalue weighted by molar-refractivity contribution is 9.10. The molecule has 0 bridgehead atoms. The Morgan fingerprint density at radius 3 is 3.06 bits per heavy atom. The largest absolute Gasteiger partial charge is 0.397 e. The summed E-state index contributed by atoms with van der Waals surface area (Å²) in [6, 6.07) is 0. The highest BCUT2D eigenvalue weighted by Crippen LogP contribution is 2.30. The van der Waals surface area contributed by atoms with Crippen LogP contribution in [0.15, 0.2) is 10.7 Å². The van der Waals surface area contributed by atoms with E-state index in [9.17, 15) is 4.79 Å². The van der Waals surface area contributed by atoms with Crippen LogP contribution in [0.25, 0.3) is 0 Å². The minimum absolute atomic E-state index is 0.0933. The first-order valence-corrected chi connectivity index (χ1v) is 6.31. The summed E-state index contributed by atoms with van der Waals surface area (Å²) >= 11 is 3.52. The van der Waals surface area contributed by atoms with Gasteiger partial charge < -0.3 is 16.0 Å². The quantitative estimate of drug-likeness (QED) is 0.813. The number of aromatic nitrogens is 1. The number of halogens is 1. The molecule has 6 heteroatoms. The van der Waals surface area contributed by atoms with E-state index >= 15 is 0 Å². The van der Waals surface area contributed by atoms with E-state index in [2.05, 4.69) is 31.1 Å². The second-order valence-electron chi connectivity index (χ2n) is 4.06. The first kappa shape index (κ1) is 12.2. The Hall–Kier alpha value is -1.30. The number of rotatable bonds is 1. The van der Waals surface area contributed by atoms with Gasteiger partial charge in [-0.15, -0.1) is 0 Å². The summed E-state index contributed by atoms with van der Waals surface area (Å²) in [5.74, 6) is 0.948. The summed E-state index contributed by atoms with van der Waals surface area (Å²) in [6.07, 6.45) is 2.16. The summed E-state index contributed by atoms with van der Waals surface area (Å²) in [4.78, 5) is 17.7. The average Bonchev–Trinajstić information content (AvgIpc) is 2.52. The van der Waals surface area contributed by atoms with E-state index in [1.165, 1.54) is 0 Å². The van der Waals surface area contributed by atoms with E-state index in [-0.39, 0.29) is 5.91 Å². The molecule has 1 fully saturated rings. The van der Waals surface area contributed by atoms with Gasteiger partial charge in [-0.3, -0.25) is 4.79 Å². The summed E-state index contributed by atoms with van der Waals surface area (Å²) in [7, 11) is 0. The van der Waals surface area contributed by atoms with Gasteiger partial charge in [-0.2, -0.15) is 0 Å². The molecule has 1 aliphatic heterocycles. The van der Waals surface area contributed by atoms with Gasteiger partial charge in [0.05, 0.1) is 16.4 Å². The van der Waals surface area contributed by atoms with Gasteiger partial charge >= 0.3 is 0 Å². The standard InChI is InChI=1S/C11H15BrN4O/c1-7-8(13)6-15-11(10(7)12)16-4-2-9(17)14-3-5-16/h6H,2-5,13H2,1H3,(H,14,17). The van der Waals surface area contributed by atoms with Crippen LogP contribution in [0.2, 0.25) is 0 Å². The number of carbonyl (C=O) groups excluding carboxylic acids is 1. The second kappa shape index (κ2) is 4.91. The summed E-state index contributed by atoms with van der Waals surface area (Å²) in [6.45, 7) is 4.05. The Kier molecular flexibility index (Phi) is 3.51. The van der Waals surface area contributed by atoms with E-state index in [1.54, 1.807) is 6.20 Å². The molecule has 5 nitrogen and oxygen atoms in total. The topological polar surface area (TPSA) is 71.2 Å². The van der Waals surface area contributed by atoms with Crippen molar-refractivity contribution < 1.29 is 4.79 Å². The van der Waals surface area contributed by atoms with Crippen LogP contribution in [0.1, 0.15) is 12.0 Å². The molecule has 0 saturated carbocycles. The molecule has 1 aromatic rings. The van der Waals surface area contributed by atoms with Crippen molar-refractivity contribution in [2.24, 2.45) is 0 Å². The van der Waals surface area contributed by atoms with Gasteiger partial charge in [0.25, 0.3) is 0 Å². The molecule has 0 radical (unpaired) electrons. The summed E-state index contributed by atoms with van der Waals surface area (Å²) in [5, 5.41) is 2.84. The second-order valence-corrected chi connectivity index (χ2v) is 4.86. The molecule has 0 spiro atoms. The molecule has 0 aromatic carbocycles. The lowest BCUT2D eigenvalue weighted by molar-refractivity contribution is -0.120. The molecule has 1 aliphatic rings. The number of anilines is 2. The lowest BCUT2D eigenvalue weighted by atomic mass is 10.2. The maximum Gasteiger partial charge on any atom is 0.221 e. The lowest BCUT2D eigenvalue weighted by Crippen LogP contribution is -2.29. The molecular formula is C11H15BrN4O. The van der Waals surface area contributed by atoms with Crippen LogP contribution in [0.3, 0.4) is 0 Å². The zero-order chi connectivity index (χ0) is 12.4. The summed E-state index contributed by atoms with van der Waals surface area (Å²) in [5.41, 5.74) is 7.45. The van der Waals surface area contributed by atoms with E-state index in [0.717, 1.165) is 22.4 Å². The Morgan fingerprint density at radius 1 is 1.53 bits per heavy atom. The Morgan fingerprint density at radius 2 is 2.29 bits per heavy atom. The zero-order valence-electron chi connectivity index (χ0n) is 9.66. The van der Waals surface area contributed by atoms with Gasteiger partial charge in [0.15, 0.2) is 0 Å². The highest BCUT2D eigenvalue weighted by atomic mass is 79.9. The van der Waals surface area contributed by atoms with Crippen molar-refractivity contribution in [1.29, 1.82) is 0 Å². The lowest BCUT2D eigenvalue weighted by Gasteiger charge is -2.23. The molecule has 0 unspecified atom stereocenters. The van der Waals surface area contributed by atoms with Crippen LogP contribution in [0.4, 0.5) is 11.5 Å². The minimum Gasteiger partial charge on any atom is -0.397 e. The van der Waals surface area contributed by atoms with Gasteiger partial charge in [0.2, 0.25) is 5.91 Å². The molecule has 1 saturated heterocycles. The number of nitrogens with one attached hydrogen (secondary N) is 1. The van der Waals surface area contributed by atoms with Gasteiger partial charge in [-0.1, -0.05) is 0 Å². The van der Waals surface area contributed by atoms with E-state index in [0.29, 0.717) is 25.2 Å². The first-order chi connectivity index (χ1) is 8.09. The monoisotopic (exact) mass is 298 g/mol. The van der Waals surface area contributed by atoms with Crippen LogP contribution in [0, 0.1) is 6.92 Å². The Balaban J connectivity index is 2.27. The maximum absolute atomic E-state index is 11.3. The average molecular weight is 299 g/mol. The van der Waals surface area contributed by atoms with E-state index in [1.807, 2.05) is 6.92 Å². The van der Waals surface area contributed by atoms with Gasteiger partial charge in [-0.25, -0.2) is 4.98 Å². The molecule has 3 N–H and O–H groups in total. The third kappa shape index (κ3) is 2.52. The van der Waals surface area contributed by atoms with Crippen molar-refractivity contribution in [3.05, 3.63) is 16.2 Å². The number of amides is 1. The molecule has 0 aliphatic carbocycles. The Bertz CT molecular complexity index is 449. The molecule has 2 rings (SSSR count). The number of carbonyl (C=O) groups is 1. The molecule has 92 valence electrons. The minimum atomic E-state index is 0.0933. The summed E-state index contributed by atoms with van der Waals surface area (Å²) < 4.78 is 0.909. The predicted molar refractivity (Wildman–Crippen MR) is 70.9 cm³/mol. The molecule has 17 heavy (non-hydrogen) atoms. The van der Waals surface area contributed by atoms with Crippen molar-refractivity contribution in [3.63, 3.8) is 0 Å². The molecule has 1 aromatic heterocycles. The molecule has 2 heterocycles. The van der Waals surface area contributed by atoms with Crippen molar-refractivity contribution in [3.8, 4) is 0 Å². The smallest absolute Gasteiger partial charge is 0.221 e. The van der Waals surface area contributed by atoms with Crippen molar-refractivity contribution >= 4 is 33.3 Å². The van der Waals surface area contributed by atoms with Crippen molar-refractivity contribution in [2.75, 3.05) is 30.3 Å². The van der Waals surface area contributed by atoms with Crippen LogP contribution in [0.5, 0.6) is 0 Å². The maximum atomic E-state index is 11.3. The normalized spacial score (nSPS) is 16.6. The van der Waals surface area contributed by atoms with E-state index in [4.69, 9.17) is 5.73 Å². The number of pyridine rings is 1. The molecule has 1 amide bonds. The van der Waals surface area contributed by atoms with Crippen LogP contribution in [-0.4, -0.2) is 30.5 Å². The first-order valence-electron chi connectivity index (χ1n) is 5.52. The van der Waals surface area contributed by atoms with Crippen LogP contribution < -0.4 is 16.0 Å². The number of nitrogen functional groups attached to an aromatic ring is 1. The fraction of sp³-hybridized carbons (Fsp3) is 0.455. The number of nitrogens with zero attached hydrogens (tertiary/aromatic N) is 2. The molecular weight excluding hydrogens is 284 g/mol. The van der Waals surface area contributed by atoms with Crippen molar-refractivity contribution in [2.45, 2.75) is 13.3 Å². The van der Waals surface area contributed by atoms with Gasteiger partial charge in [-0.05, 0) is 28.4 Å². The van der Waals surface area contributed by atoms with Crippen LogP contribution >= 0.6 is 15.9 Å². The third-order valence-electron chi connectivity index (χ3n) is 2.90. The number of nitrogens with two attached hydrogens (primary N) is 1. The van der Waals surface area contributed by atoms with Crippen molar-refractivity contribution in [1.82, 2.24) is 10.3 Å². The van der Waals surface area contributed by atoms with Gasteiger partial charge in [0.1, 0.15) is 5.82 Å². The number of hydrogen-bond acceptors (Lipinski definition) is 4. The molecule has 0 atom stereocenters. The third-order valence-corrected chi connectivity index (χ3v) is 3.85. The fourth-order valence-corrected chi connectivity index (χ4v) is 2.36.